The maximum atomic E-state index is 14.2. The van der Waals surface area contributed by atoms with Crippen LogP contribution in [0.4, 0.5) is 20.2 Å². The van der Waals surface area contributed by atoms with Crippen LogP contribution in [0.1, 0.15) is 13.8 Å². The van der Waals surface area contributed by atoms with Crippen LogP contribution in [0.25, 0.3) is 28.1 Å². The van der Waals surface area contributed by atoms with E-state index in [0.717, 1.165) is 17.3 Å². The molecule has 176 valence electrons. The van der Waals surface area contributed by atoms with E-state index >= 15 is 0 Å². The molecule has 3 aromatic rings. The molecule has 0 unspecified atom stereocenters. The monoisotopic (exact) mass is 471 g/mol. The molecule has 0 radical (unpaired) electrons. The number of rotatable bonds is 5. The molecule has 1 aromatic heterocycles. The van der Waals surface area contributed by atoms with Crippen LogP contribution in [0, 0.1) is 11.6 Å². The van der Waals surface area contributed by atoms with E-state index < -0.39 is 11.6 Å². The summed E-state index contributed by atoms with van der Waals surface area (Å²) < 4.78 is 35.2. The Morgan fingerprint density at radius 2 is 1.77 bits per heavy atom. The second-order valence-electron chi connectivity index (χ2n) is 8.30. The minimum atomic E-state index is -0.918. The lowest BCUT2D eigenvalue weighted by molar-refractivity contribution is 0.400. The van der Waals surface area contributed by atoms with E-state index in [1.54, 1.807) is 19.4 Å². The van der Waals surface area contributed by atoms with Gasteiger partial charge in [-0.3, -0.25) is 4.99 Å². The Hall–Kier alpha value is -4.33. The van der Waals surface area contributed by atoms with Gasteiger partial charge in [-0.2, -0.15) is 0 Å². The standard InChI is InChI=1S/C27H23F2N5O/c1-16(2)31-23-15-26-24(14-22(23)33-21-8-6-12-30-27(21)35-3)32-20-7-4-5-9-25(20)34(26)17-10-11-18(28)19(29)13-17/h4-16,33H,1-3H3. The zero-order chi connectivity index (χ0) is 24.5. The van der Waals surface area contributed by atoms with E-state index in [1.807, 2.05) is 66.9 Å². The highest BCUT2D eigenvalue weighted by Crippen LogP contribution is 2.32. The number of methoxy groups -OCH3 is 1. The second-order valence-corrected chi connectivity index (χ2v) is 8.30. The van der Waals surface area contributed by atoms with E-state index in [-0.39, 0.29) is 6.04 Å². The molecule has 1 N–H and O–H groups in total. The molecule has 6 nitrogen and oxygen atoms in total. The predicted octanol–water partition coefficient (Wildman–Crippen LogP) is 5.86. The summed E-state index contributed by atoms with van der Waals surface area (Å²) in [4.78, 5) is 13.9. The van der Waals surface area contributed by atoms with Crippen LogP contribution in [-0.2, 0) is 0 Å². The van der Waals surface area contributed by atoms with Gasteiger partial charge in [0, 0.05) is 24.0 Å². The Morgan fingerprint density at radius 3 is 2.54 bits per heavy atom. The summed E-state index contributed by atoms with van der Waals surface area (Å²) in [6, 6.07) is 18.9. The van der Waals surface area contributed by atoms with Crippen molar-refractivity contribution in [3.05, 3.63) is 89.9 Å². The van der Waals surface area contributed by atoms with Crippen LogP contribution < -0.4 is 15.4 Å². The third-order valence-electron chi connectivity index (χ3n) is 5.49. The van der Waals surface area contributed by atoms with Gasteiger partial charge in [-0.25, -0.2) is 18.7 Å². The first-order valence-electron chi connectivity index (χ1n) is 11.2. The van der Waals surface area contributed by atoms with Gasteiger partial charge in [-0.05, 0) is 62.4 Å². The average Bonchev–Trinajstić information content (AvgIpc) is 2.85. The number of halogens is 2. The van der Waals surface area contributed by atoms with Gasteiger partial charge in [-0.1, -0.05) is 12.1 Å². The quantitative estimate of drug-likeness (QED) is 0.326. The van der Waals surface area contributed by atoms with Gasteiger partial charge in [0.25, 0.3) is 0 Å². The van der Waals surface area contributed by atoms with Crippen molar-refractivity contribution in [2.45, 2.75) is 19.9 Å². The fourth-order valence-electron chi connectivity index (χ4n) is 4.02. The molecule has 5 rings (SSSR count). The predicted molar refractivity (Wildman–Crippen MR) is 132 cm³/mol. The van der Waals surface area contributed by atoms with Gasteiger partial charge >= 0.3 is 0 Å². The molecule has 1 aliphatic heterocycles. The molecule has 0 saturated carbocycles. The van der Waals surface area contributed by atoms with Gasteiger partial charge in [0.15, 0.2) is 11.6 Å². The largest absolute Gasteiger partial charge is 0.480 e. The van der Waals surface area contributed by atoms with Crippen LogP contribution in [0.5, 0.6) is 5.88 Å². The Morgan fingerprint density at radius 1 is 0.943 bits per heavy atom. The van der Waals surface area contributed by atoms with E-state index in [2.05, 4.69) is 10.3 Å². The second kappa shape index (κ2) is 9.13. The highest BCUT2D eigenvalue weighted by Gasteiger charge is 2.18. The first-order valence-corrected chi connectivity index (χ1v) is 11.2. The highest BCUT2D eigenvalue weighted by atomic mass is 19.2. The normalized spacial score (nSPS) is 12.0. The zero-order valence-corrected chi connectivity index (χ0v) is 19.5. The smallest absolute Gasteiger partial charge is 0.237 e. The Bertz CT molecular complexity index is 1580. The van der Waals surface area contributed by atoms with E-state index in [9.17, 15) is 8.78 Å². The Kier molecular flexibility index (Phi) is 5.86. The van der Waals surface area contributed by atoms with Crippen molar-refractivity contribution in [1.82, 2.24) is 14.5 Å². The summed E-state index contributed by atoms with van der Waals surface area (Å²) in [5.74, 6) is -1.37. The van der Waals surface area contributed by atoms with Gasteiger partial charge in [0.2, 0.25) is 5.88 Å². The molecule has 0 amide bonds. The summed E-state index contributed by atoms with van der Waals surface area (Å²) in [5, 5.41) is 4.06. The summed E-state index contributed by atoms with van der Waals surface area (Å²) in [5.41, 5.74) is 4.72. The topological polar surface area (TPSA) is 64.3 Å². The van der Waals surface area contributed by atoms with Crippen molar-refractivity contribution < 1.29 is 13.5 Å². The van der Waals surface area contributed by atoms with Crippen LogP contribution in [0.2, 0.25) is 0 Å². The number of ether oxygens (including phenoxy) is 1. The molecular formula is C27H23F2N5O. The third kappa shape index (κ3) is 4.30. The third-order valence-corrected chi connectivity index (χ3v) is 5.49. The zero-order valence-electron chi connectivity index (χ0n) is 19.5. The van der Waals surface area contributed by atoms with Crippen LogP contribution in [0.15, 0.2) is 77.9 Å². The molecule has 2 heterocycles. The number of pyridine rings is 1. The molecular weight excluding hydrogens is 448 g/mol. The van der Waals surface area contributed by atoms with Crippen molar-refractivity contribution >= 4 is 22.4 Å². The molecule has 8 heteroatoms. The van der Waals surface area contributed by atoms with Crippen molar-refractivity contribution in [2.75, 3.05) is 12.4 Å². The number of para-hydroxylation sites is 2. The number of anilines is 2. The SMILES string of the molecule is COc1ncccc1Nc1cc2nc3ccccc3n(-c3ccc(F)c(F)c3)c-2cc1=NC(C)C. The number of hydrogen-bond donors (Lipinski definition) is 1. The summed E-state index contributed by atoms with van der Waals surface area (Å²) in [7, 11) is 1.56. The lowest BCUT2D eigenvalue weighted by Crippen LogP contribution is -2.17. The molecule has 0 atom stereocenters. The van der Waals surface area contributed by atoms with Crippen LogP contribution in [-0.4, -0.2) is 27.7 Å². The van der Waals surface area contributed by atoms with Gasteiger partial charge in [0.1, 0.15) is 5.69 Å². The minimum absolute atomic E-state index is 0.00826. The fraction of sp³-hybridized carbons (Fsp3) is 0.148. The molecule has 0 fully saturated rings. The van der Waals surface area contributed by atoms with E-state index in [4.69, 9.17) is 14.7 Å². The Balaban J connectivity index is 1.83. The summed E-state index contributed by atoms with van der Waals surface area (Å²) >= 11 is 0. The van der Waals surface area contributed by atoms with E-state index in [0.29, 0.717) is 39.5 Å². The first-order chi connectivity index (χ1) is 16.9. The van der Waals surface area contributed by atoms with Gasteiger partial charge in [0.05, 0.1) is 40.6 Å². The highest BCUT2D eigenvalue weighted by molar-refractivity contribution is 5.84. The Labute approximate surface area is 200 Å². The number of nitrogens with zero attached hydrogens (tertiary/aromatic N) is 4. The van der Waals surface area contributed by atoms with Gasteiger partial charge < -0.3 is 14.6 Å². The molecule has 2 aliphatic rings. The van der Waals surface area contributed by atoms with E-state index in [1.165, 1.54) is 6.07 Å². The van der Waals surface area contributed by atoms with Crippen LogP contribution in [0.3, 0.4) is 0 Å². The summed E-state index contributed by atoms with van der Waals surface area (Å²) in [6.07, 6.45) is 1.66. The molecule has 2 aromatic carbocycles. The van der Waals surface area contributed by atoms with Crippen molar-refractivity contribution in [3.63, 3.8) is 0 Å². The number of aromatic nitrogens is 3. The molecule has 1 aliphatic carbocycles. The number of hydrogen-bond acceptors (Lipinski definition) is 5. The lowest BCUT2D eigenvalue weighted by atomic mass is 10.1. The minimum Gasteiger partial charge on any atom is -0.480 e. The number of benzene rings is 3. The first kappa shape index (κ1) is 22.5. The molecule has 0 spiro atoms. The molecule has 35 heavy (non-hydrogen) atoms. The average molecular weight is 472 g/mol. The van der Waals surface area contributed by atoms with Gasteiger partial charge in [-0.15, -0.1) is 0 Å². The maximum absolute atomic E-state index is 14.2. The lowest BCUT2D eigenvalue weighted by Gasteiger charge is -2.20. The molecule has 0 saturated heterocycles. The molecule has 0 bridgehead atoms. The maximum Gasteiger partial charge on any atom is 0.237 e. The fourth-order valence-corrected chi connectivity index (χ4v) is 4.02. The number of nitrogens with one attached hydrogen (secondary N) is 1. The van der Waals surface area contributed by atoms with Crippen molar-refractivity contribution in [3.8, 4) is 23.0 Å². The van der Waals surface area contributed by atoms with Crippen molar-refractivity contribution in [1.29, 1.82) is 0 Å². The van der Waals surface area contributed by atoms with Crippen molar-refractivity contribution in [2.24, 2.45) is 4.99 Å². The number of fused-ring (bicyclic) bond motifs is 2. The summed E-state index contributed by atoms with van der Waals surface area (Å²) in [6.45, 7) is 3.97. The van der Waals surface area contributed by atoms with Crippen LogP contribution >= 0.6 is 0 Å².